The van der Waals surface area contributed by atoms with Crippen LogP contribution in [0.5, 0.6) is 0 Å². The van der Waals surface area contributed by atoms with E-state index in [1.54, 1.807) is 24.3 Å². The first-order chi connectivity index (χ1) is 14.1. The third-order valence-electron chi connectivity index (χ3n) is 4.88. The Morgan fingerprint density at radius 2 is 2.00 bits per heavy atom. The molecule has 0 radical (unpaired) electrons. The second-order valence-electron chi connectivity index (χ2n) is 7.10. The first-order valence-corrected chi connectivity index (χ1v) is 10.5. The van der Waals surface area contributed by atoms with Crippen molar-refractivity contribution in [3.63, 3.8) is 0 Å². The monoisotopic (exact) mass is 413 g/mol. The van der Waals surface area contributed by atoms with Gasteiger partial charge in [0, 0.05) is 45.1 Å². The van der Waals surface area contributed by atoms with E-state index in [1.165, 1.54) is 0 Å². The number of nitrogens with one attached hydrogen (secondary N) is 1. The van der Waals surface area contributed by atoms with Crippen LogP contribution in [-0.4, -0.2) is 64.5 Å². The molecule has 2 aromatic heterocycles. The number of benzene rings is 1. The Morgan fingerprint density at radius 3 is 2.72 bits per heavy atom. The van der Waals surface area contributed by atoms with Crippen molar-refractivity contribution in [2.45, 2.75) is 19.8 Å². The van der Waals surface area contributed by atoms with Crippen molar-refractivity contribution in [2.75, 3.05) is 38.0 Å². The Balaban J connectivity index is 1.20. The normalized spacial score (nSPS) is 15.0. The van der Waals surface area contributed by atoms with E-state index in [0.717, 1.165) is 15.2 Å². The van der Waals surface area contributed by atoms with Crippen LogP contribution in [-0.2, 0) is 16.0 Å². The zero-order valence-corrected chi connectivity index (χ0v) is 17.1. The third-order valence-corrected chi connectivity index (χ3v) is 5.97. The molecule has 0 atom stereocenters. The highest BCUT2D eigenvalue weighted by atomic mass is 32.1. The summed E-state index contributed by atoms with van der Waals surface area (Å²) in [6, 6.07) is 9.71. The van der Waals surface area contributed by atoms with Crippen molar-refractivity contribution < 1.29 is 14.1 Å². The predicted molar refractivity (Wildman–Crippen MR) is 111 cm³/mol. The summed E-state index contributed by atoms with van der Waals surface area (Å²) in [7, 11) is 0. The molecule has 0 saturated carbocycles. The highest BCUT2D eigenvalue weighted by Gasteiger charge is 2.22. The van der Waals surface area contributed by atoms with Gasteiger partial charge < -0.3 is 14.7 Å². The molecule has 1 aliphatic heterocycles. The van der Waals surface area contributed by atoms with Crippen LogP contribution in [0.2, 0.25) is 0 Å². The van der Waals surface area contributed by atoms with E-state index in [4.69, 9.17) is 4.52 Å². The molecule has 29 heavy (non-hydrogen) atoms. The fraction of sp³-hybridized carbons (Fsp3) is 0.400. The molecule has 1 fully saturated rings. The highest BCUT2D eigenvalue weighted by molar-refractivity contribution is 7.18. The van der Waals surface area contributed by atoms with Gasteiger partial charge in [0.05, 0.1) is 21.8 Å². The SMILES string of the molecule is Cc1cc(NC(=O)CN2CCN(C(=O)CCc3nc4ccccc4s3)CC2)no1. The molecule has 1 saturated heterocycles. The fourth-order valence-corrected chi connectivity index (χ4v) is 4.33. The minimum atomic E-state index is -0.131. The first kappa shape index (κ1) is 19.5. The van der Waals surface area contributed by atoms with Crippen LogP contribution in [0, 0.1) is 6.92 Å². The highest BCUT2D eigenvalue weighted by Crippen LogP contribution is 2.22. The molecule has 3 heterocycles. The number of carbonyl (C=O) groups excluding carboxylic acids is 2. The first-order valence-electron chi connectivity index (χ1n) is 9.64. The quantitative estimate of drug-likeness (QED) is 0.667. The summed E-state index contributed by atoms with van der Waals surface area (Å²) in [4.78, 5) is 33.2. The van der Waals surface area contributed by atoms with Crippen LogP contribution < -0.4 is 5.32 Å². The summed E-state index contributed by atoms with van der Waals surface area (Å²) >= 11 is 1.65. The second kappa shape index (κ2) is 8.71. The molecule has 3 aromatic rings. The zero-order valence-electron chi connectivity index (χ0n) is 16.3. The van der Waals surface area contributed by atoms with Crippen molar-refractivity contribution in [1.29, 1.82) is 0 Å². The fourth-order valence-electron chi connectivity index (χ4n) is 3.37. The number of hydrogen-bond acceptors (Lipinski definition) is 7. The lowest BCUT2D eigenvalue weighted by atomic mass is 10.2. The van der Waals surface area contributed by atoms with Gasteiger partial charge >= 0.3 is 0 Å². The Labute approximate surface area is 172 Å². The number of fused-ring (bicyclic) bond motifs is 1. The minimum Gasteiger partial charge on any atom is -0.360 e. The molecule has 1 N–H and O–H groups in total. The molecule has 0 unspecified atom stereocenters. The van der Waals surface area contributed by atoms with Crippen molar-refractivity contribution in [3.8, 4) is 0 Å². The van der Waals surface area contributed by atoms with E-state index < -0.39 is 0 Å². The topological polar surface area (TPSA) is 91.6 Å². The van der Waals surface area contributed by atoms with Crippen LogP contribution in [0.4, 0.5) is 5.82 Å². The Kier molecular flexibility index (Phi) is 5.86. The number of carbonyl (C=O) groups is 2. The predicted octanol–water partition coefficient (Wildman–Crippen LogP) is 2.31. The zero-order chi connectivity index (χ0) is 20.2. The Hall–Kier alpha value is -2.78. The van der Waals surface area contributed by atoms with Crippen molar-refractivity contribution in [1.82, 2.24) is 19.9 Å². The summed E-state index contributed by atoms with van der Waals surface area (Å²) < 4.78 is 6.10. The van der Waals surface area contributed by atoms with Crippen LogP contribution in [0.3, 0.4) is 0 Å². The van der Waals surface area contributed by atoms with Gasteiger partial charge in [-0.2, -0.15) is 0 Å². The maximum absolute atomic E-state index is 12.5. The van der Waals surface area contributed by atoms with E-state index in [0.29, 0.717) is 50.6 Å². The number of rotatable bonds is 6. The van der Waals surface area contributed by atoms with Crippen LogP contribution in [0.25, 0.3) is 10.2 Å². The van der Waals surface area contributed by atoms with Gasteiger partial charge in [0.25, 0.3) is 0 Å². The van der Waals surface area contributed by atoms with Gasteiger partial charge in [-0.15, -0.1) is 11.3 Å². The summed E-state index contributed by atoms with van der Waals surface area (Å²) in [5.41, 5.74) is 0.993. The molecule has 0 spiro atoms. The van der Waals surface area contributed by atoms with Gasteiger partial charge in [0.2, 0.25) is 11.8 Å². The molecule has 152 valence electrons. The number of hydrogen-bond donors (Lipinski definition) is 1. The number of piperazine rings is 1. The number of amides is 2. The van der Waals surface area contributed by atoms with Crippen LogP contribution >= 0.6 is 11.3 Å². The molecule has 0 aliphatic carbocycles. The van der Waals surface area contributed by atoms with E-state index in [9.17, 15) is 9.59 Å². The Morgan fingerprint density at radius 1 is 1.21 bits per heavy atom. The molecule has 1 aromatic carbocycles. The van der Waals surface area contributed by atoms with Crippen LogP contribution in [0.15, 0.2) is 34.9 Å². The molecule has 4 rings (SSSR count). The lowest BCUT2D eigenvalue weighted by molar-refractivity contribution is -0.133. The molecule has 9 heteroatoms. The number of aromatic nitrogens is 2. The maximum atomic E-state index is 12.5. The summed E-state index contributed by atoms with van der Waals surface area (Å²) in [5.74, 6) is 1.09. The Bertz CT molecular complexity index is 973. The summed E-state index contributed by atoms with van der Waals surface area (Å²) in [6.07, 6.45) is 1.13. The van der Waals surface area contributed by atoms with Crippen LogP contribution in [0.1, 0.15) is 17.2 Å². The van der Waals surface area contributed by atoms with Gasteiger partial charge in [-0.1, -0.05) is 17.3 Å². The third kappa shape index (κ3) is 4.99. The number of para-hydroxylation sites is 1. The standard InChI is InChI=1S/C20H23N5O3S/c1-14-12-17(23-28-14)22-18(26)13-24-8-10-25(11-9-24)20(27)7-6-19-21-15-4-2-3-5-16(15)29-19/h2-5,12H,6-11,13H2,1H3,(H,22,23,26). The minimum absolute atomic E-state index is 0.131. The molecular weight excluding hydrogens is 390 g/mol. The van der Waals surface area contributed by atoms with Gasteiger partial charge in [0.15, 0.2) is 5.82 Å². The van der Waals surface area contributed by atoms with Gasteiger partial charge in [0.1, 0.15) is 5.76 Å². The molecular formula is C20H23N5O3S. The molecule has 8 nitrogen and oxygen atoms in total. The second-order valence-corrected chi connectivity index (χ2v) is 8.22. The van der Waals surface area contributed by atoms with E-state index in [2.05, 4.69) is 21.5 Å². The molecule has 0 bridgehead atoms. The number of anilines is 1. The molecule has 1 aliphatic rings. The number of aryl methyl sites for hydroxylation is 2. The molecule has 2 amide bonds. The maximum Gasteiger partial charge on any atom is 0.239 e. The lowest BCUT2D eigenvalue weighted by Crippen LogP contribution is -2.50. The lowest BCUT2D eigenvalue weighted by Gasteiger charge is -2.34. The van der Waals surface area contributed by atoms with Gasteiger partial charge in [-0.25, -0.2) is 4.98 Å². The average Bonchev–Trinajstić information content (AvgIpc) is 3.32. The van der Waals surface area contributed by atoms with E-state index in [1.807, 2.05) is 28.0 Å². The summed E-state index contributed by atoms with van der Waals surface area (Å²) in [6.45, 7) is 4.68. The van der Waals surface area contributed by atoms with E-state index >= 15 is 0 Å². The average molecular weight is 414 g/mol. The smallest absolute Gasteiger partial charge is 0.239 e. The largest absolute Gasteiger partial charge is 0.360 e. The van der Waals surface area contributed by atoms with Gasteiger partial charge in [-0.3, -0.25) is 14.5 Å². The van der Waals surface area contributed by atoms with E-state index in [-0.39, 0.29) is 18.4 Å². The number of nitrogens with zero attached hydrogens (tertiary/aromatic N) is 4. The van der Waals surface area contributed by atoms with Gasteiger partial charge in [-0.05, 0) is 19.1 Å². The number of thiazole rings is 1. The van der Waals surface area contributed by atoms with Crippen molar-refractivity contribution in [3.05, 3.63) is 41.1 Å². The summed E-state index contributed by atoms with van der Waals surface area (Å²) in [5, 5.41) is 7.48. The van der Waals surface area contributed by atoms with Crippen molar-refractivity contribution >= 4 is 39.2 Å². The van der Waals surface area contributed by atoms with Crippen molar-refractivity contribution in [2.24, 2.45) is 0 Å².